The SMILES string of the molecule is CC(C)(C)CCOCCOCCOCCOCCOC(C)(C)CCC(C)(C)OCCOCCOCCOCCOCCOC(C)(C)CC(C)(C)CCOCCOCCOCCOCCNC(C)(C)C. The minimum Gasteiger partial charge on any atom is -0.379 e. The molecule has 0 fully saturated rings. The lowest BCUT2D eigenvalue weighted by atomic mass is 9.79. The second-order valence-electron chi connectivity index (χ2n) is 22.3. The fourth-order valence-corrected chi connectivity index (χ4v) is 6.68. The third-order valence-electron chi connectivity index (χ3n) is 10.6. The predicted octanol–water partition coefficient (Wildman–Crippen LogP) is 7.98. The van der Waals surface area contributed by atoms with Gasteiger partial charge in [-0.05, 0) is 105 Å². The number of rotatable bonds is 52. The molecule has 16 nitrogen and oxygen atoms in total. The van der Waals surface area contributed by atoms with Crippen LogP contribution in [0, 0.1) is 10.8 Å². The molecule has 416 valence electrons. The van der Waals surface area contributed by atoms with Gasteiger partial charge in [0.05, 0.1) is 182 Å². The second-order valence-corrected chi connectivity index (χ2v) is 22.3. The molecule has 0 aromatic heterocycles. The maximum atomic E-state index is 6.19. The first-order valence-electron chi connectivity index (χ1n) is 26.1. The van der Waals surface area contributed by atoms with Crippen molar-refractivity contribution in [2.75, 3.05) is 185 Å². The molecule has 0 rings (SSSR count). The molecule has 16 heteroatoms. The molecule has 0 aromatic rings. The summed E-state index contributed by atoms with van der Waals surface area (Å²) in [7, 11) is 0. The molecule has 0 aliphatic rings. The van der Waals surface area contributed by atoms with Gasteiger partial charge in [0, 0.05) is 25.3 Å². The molecule has 0 atom stereocenters. The molecule has 0 saturated carbocycles. The third kappa shape index (κ3) is 53.5. The van der Waals surface area contributed by atoms with E-state index in [4.69, 9.17) is 71.1 Å². The van der Waals surface area contributed by atoms with E-state index < -0.39 is 0 Å². The van der Waals surface area contributed by atoms with Crippen molar-refractivity contribution < 1.29 is 71.1 Å². The van der Waals surface area contributed by atoms with E-state index in [1.165, 1.54) is 0 Å². The molecule has 0 aliphatic heterocycles. The minimum atomic E-state index is -0.287. The first-order valence-corrected chi connectivity index (χ1v) is 26.1. The summed E-state index contributed by atoms with van der Waals surface area (Å²) in [6.07, 6.45) is 4.61. The highest BCUT2D eigenvalue weighted by Gasteiger charge is 2.29. The Hall–Kier alpha value is -0.640. The van der Waals surface area contributed by atoms with E-state index in [1.54, 1.807) is 0 Å². The number of hydrogen-bond donors (Lipinski definition) is 1. The molecule has 0 aromatic carbocycles. The zero-order chi connectivity index (χ0) is 51.6. The van der Waals surface area contributed by atoms with Crippen LogP contribution in [0.25, 0.3) is 0 Å². The average Bonchev–Trinajstić information content (AvgIpc) is 3.24. The predicted molar refractivity (Wildman–Crippen MR) is 274 cm³/mol. The van der Waals surface area contributed by atoms with E-state index in [-0.39, 0.29) is 27.8 Å². The summed E-state index contributed by atoms with van der Waals surface area (Å²) in [5.41, 5.74) is -0.360. The second kappa shape index (κ2) is 41.7. The molecular formula is C53H109NO15. The molecule has 1 N–H and O–H groups in total. The fourth-order valence-electron chi connectivity index (χ4n) is 6.68. The van der Waals surface area contributed by atoms with Crippen LogP contribution in [0.5, 0.6) is 0 Å². The molecule has 0 aliphatic carbocycles. The quantitative estimate of drug-likeness (QED) is 0.0586. The molecule has 69 heavy (non-hydrogen) atoms. The number of ether oxygens (including phenoxy) is 15. The van der Waals surface area contributed by atoms with Gasteiger partial charge >= 0.3 is 0 Å². The van der Waals surface area contributed by atoms with Gasteiger partial charge in [0.1, 0.15) is 0 Å². The van der Waals surface area contributed by atoms with E-state index in [9.17, 15) is 0 Å². The van der Waals surface area contributed by atoms with Crippen LogP contribution in [-0.4, -0.2) is 207 Å². The van der Waals surface area contributed by atoms with Crippen molar-refractivity contribution in [2.45, 2.75) is 151 Å². The lowest BCUT2D eigenvalue weighted by molar-refractivity contribution is -0.0870. The monoisotopic (exact) mass is 1000 g/mol. The van der Waals surface area contributed by atoms with Crippen LogP contribution in [0.1, 0.15) is 129 Å². The molecular weight excluding hydrogens is 891 g/mol. The summed E-state index contributed by atoms with van der Waals surface area (Å²) in [4.78, 5) is 0. The first kappa shape index (κ1) is 68.4. The van der Waals surface area contributed by atoms with E-state index in [0.29, 0.717) is 177 Å². The molecule has 0 radical (unpaired) electrons. The lowest BCUT2D eigenvalue weighted by Crippen LogP contribution is -2.38. The van der Waals surface area contributed by atoms with E-state index in [0.717, 1.165) is 45.3 Å². The van der Waals surface area contributed by atoms with E-state index in [1.807, 2.05) is 0 Å². The van der Waals surface area contributed by atoms with Crippen LogP contribution in [-0.2, 0) is 71.1 Å². The van der Waals surface area contributed by atoms with Gasteiger partial charge in [-0.15, -0.1) is 0 Å². The smallest absolute Gasteiger partial charge is 0.0707 e. The summed E-state index contributed by atoms with van der Waals surface area (Å²) in [5.74, 6) is 0. The Balaban J connectivity index is 3.63. The molecule has 0 amide bonds. The Morgan fingerprint density at radius 2 is 0.493 bits per heavy atom. The zero-order valence-corrected chi connectivity index (χ0v) is 47.0. The van der Waals surface area contributed by atoms with Crippen LogP contribution in [0.15, 0.2) is 0 Å². The largest absolute Gasteiger partial charge is 0.379 e. The van der Waals surface area contributed by atoms with Crippen molar-refractivity contribution in [1.29, 1.82) is 0 Å². The highest BCUT2D eigenvalue weighted by molar-refractivity contribution is 4.80. The van der Waals surface area contributed by atoms with Gasteiger partial charge in [0.2, 0.25) is 0 Å². The zero-order valence-electron chi connectivity index (χ0n) is 47.0. The fraction of sp³-hybridized carbons (Fsp3) is 1.00. The van der Waals surface area contributed by atoms with Crippen LogP contribution < -0.4 is 5.32 Å². The van der Waals surface area contributed by atoms with Crippen molar-refractivity contribution in [3.63, 3.8) is 0 Å². The van der Waals surface area contributed by atoms with Gasteiger partial charge in [0.15, 0.2) is 0 Å². The minimum absolute atomic E-state index is 0.0706. The van der Waals surface area contributed by atoms with Crippen LogP contribution in [0.3, 0.4) is 0 Å². The Labute approximate surface area is 422 Å². The van der Waals surface area contributed by atoms with Crippen molar-refractivity contribution in [3.05, 3.63) is 0 Å². The molecule has 0 spiro atoms. The maximum absolute atomic E-state index is 6.19. The number of hydrogen-bond acceptors (Lipinski definition) is 16. The highest BCUT2D eigenvalue weighted by atomic mass is 16.6. The average molecular weight is 1000 g/mol. The first-order chi connectivity index (χ1) is 32.5. The maximum Gasteiger partial charge on any atom is 0.0707 e. The van der Waals surface area contributed by atoms with Gasteiger partial charge in [0.25, 0.3) is 0 Å². The topological polar surface area (TPSA) is 150 Å². The summed E-state index contributed by atoms with van der Waals surface area (Å²) in [6.45, 7) is 46.2. The summed E-state index contributed by atoms with van der Waals surface area (Å²) in [5, 5.41) is 3.39. The summed E-state index contributed by atoms with van der Waals surface area (Å²) < 4.78 is 86.2. The Bertz CT molecular complexity index is 1110. The van der Waals surface area contributed by atoms with E-state index >= 15 is 0 Å². The number of nitrogens with one attached hydrogen (secondary N) is 1. The molecule has 0 heterocycles. The molecule has 0 unspecified atom stereocenters. The van der Waals surface area contributed by atoms with Gasteiger partial charge < -0.3 is 76.4 Å². The Kier molecular flexibility index (Phi) is 41.3. The van der Waals surface area contributed by atoms with Gasteiger partial charge in [-0.25, -0.2) is 0 Å². The van der Waals surface area contributed by atoms with Gasteiger partial charge in [-0.3, -0.25) is 0 Å². The lowest BCUT2D eigenvalue weighted by Gasteiger charge is -2.35. The summed E-state index contributed by atoms with van der Waals surface area (Å²) >= 11 is 0. The normalized spacial score (nSPS) is 13.3. The Morgan fingerprint density at radius 1 is 0.246 bits per heavy atom. The van der Waals surface area contributed by atoms with Crippen molar-refractivity contribution >= 4 is 0 Å². The van der Waals surface area contributed by atoms with Gasteiger partial charge in [-0.2, -0.15) is 0 Å². The molecule has 0 bridgehead atoms. The van der Waals surface area contributed by atoms with Crippen LogP contribution in [0.4, 0.5) is 0 Å². The van der Waals surface area contributed by atoms with E-state index in [2.05, 4.69) is 102 Å². The van der Waals surface area contributed by atoms with Crippen LogP contribution in [0.2, 0.25) is 0 Å². The van der Waals surface area contributed by atoms with Crippen LogP contribution >= 0.6 is 0 Å². The molecule has 0 saturated heterocycles. The van der Waals surface area contributed by atoms with Gasteiger partial charge in [-0.1, -0.05) is 34.6 Å². The standard InChI is InChI=1S/C53H109NO15/c1-48(2,3)17-20-55-23-26-58-30-32-61-35-38-64-41-44-67-51(9,10)15-16-52(11,12)68-45-42-65-39-36-62-33-34-63-37-40-66-43-46-69-53(13,14)47-50(7,8)18-21-56-24-27-59-29-31-60-28-25-57-22-19-54-49(4,5)6/h54H,15-47H2,1-14H3. The summed E-state index contributed by atoms with van der Waals surface area (Å²) in [6, 6.07) is 0. The Morgan fingerprint density at radius 3 is 0.783 bits per heavy atom. The highest BCUT2D eigenvalue weighted by Crippen LogP contribution is 2.33. The third-order valence-corrected chi connectivity index (χ3v) is 10.6. The van der Waals surface area contributed by atoms with Crippen molar-refractivity contribution in [2.24, 2.45) is 10.8 Å². The van der Waals surface area contributed by atoms with Crippen molar-refractivity contribution in [1.82, 2.24) is 5.32 Å². The van der Waals surface area contributed by atoms with Crippen molar-refractivity contribution in [3.8, 4) is 0 Å².